The largest absolute Gasteiger partial charge is 0.507 e. The Balaban J connectivity index is 1.44. The number of amides is 1. The van der Waals surface area contributed by atoms with Crippen molar-refractivity contribution >= 4 is 22.4 Å². The Hall–Kier alpha value is -5.23. The molecule has 6 heteroatoms. The summed E-state index contributed by atoms with van der Waals surface area (Å²) in [5.74, 6) is 0.885. The van der Waals surface area contributed by atoms with Crippen LogP contribution < -0.4 is 15.4 Å². The molecule has 0 aromatic heterocycles. The van der Waals surface area contributed by atoms with Crippen LogP contribution in [0.1, 0.15) is 42.9 Å². The van der Waals surface area contributed by atoms with Gasteiger partial charge in [-0.05, 0) is 58.7 Å². The quantitative estimate of drug-likeness (QED) is 0.169. The highest BCUT2D eigenvalue weighted by Gasteiger charge is 2.46. The molecular weight excluding hydrogens is 536 g/mol. The maximum absolute atomic E-state index is 13.0. The second-order valence-electron chi connectivity index (χ2n) is 10.7. The van der Waals surface area contributed by atoms with E-state index in [1.807, 2.05) is 67.6 Å². The van der Waals surface area contributed by atoms with Crippen molar-refractivity contribution in [3.8, 4) is 22.6 Å². The van der Waals surface area contributed by atoms with Gasteiger partial charge in [-0.15, -0.1) is 0 Å². The van der Waals surface area contributed by atoms with Gasteiger partial charge in [0.05, 0.1) is 12.7 Å². The lowest BCUT2D eigenvalue weighted by atomic mass is 9.91. The highest BCUT2D eigenvalue weighted by molar-refractivity contribution is 5.87. The molecule has 1 heterocycles. The summed E-state index contributed by atoms with van der Waals surface area (Å²) >= 11 is 0. The number of fused-ring (bicyclic) bond motifs is 1. The average Bonchev–Trinajstić information content (AvgIpc) is 3.43. The maximum Gasteiger partial charge on any atom is 0.239 e. The topological polar surface area (TPSA) is 79.8 Å². The Kier molecular flexibility index (Phi) is 7.75. The fourth-order valence-corrected chi connectivity index (χ4v) is 5.51. The van der Waals surface area contributed by atoms with Crippen LogP contribution in [0, 0.1) is 0 Å². The zero-order valence-electron chi connectivity index (χ0n) is 24.3. The van der Waals surface area contributed by atoms with Gasteiger partial charge in [-0.1, -0.05) is 98.3 Å². The number of carbonyl (C=O) groups is 1. The number of phenols is 1. The van der Waals surface area contributed by atoms with Gasteiger partial charge in [0.15, 0.2) is 0 Å². The molecule has 0 radical (unpaired) electrons. The number of hydrogen-bond acceptors (Lipinski definition) is 5. The van der Waals surface area contributed by atoms with E-state index < -0.39 is 5.72 Å². The van der Waals surface area contributed by atoms with Crippen molar-refractivity contribution in [2.24, 2.45) is 0 Å². The zero-order valence-corrected chi connectivity index (χ0v) is 24.3. The molecule has 5 aromatic carbocycles. The second kappa shape index (κ2) is 11.9. The van der Waals surface area contributed by atoms with Crippen molar-refractivity contribution in [2.45, 2.75) is 31.9 Å². The van der Waals surface area contributed by atoms with Gasteiger partial charge in [0, 0.05) is 17.5 Å². The molecule has 1 amide bonds. The van der Waals surface area contributed by atoms with E-state index in [4.69, 9.17) is 9.47 Å². The molecule has 216 valence electrons. The fourth-order valence-electron chi connectivity index (χ4n) is 5.51. The molecule has 1 unspecified atom stereocenters. The summed E-state index contributed by atoms with van der Waals surface area (Å²) in [6, 6.07) is 37.5. The summed E-state index contributed by atoms with van der Waals surface area (Å²) in [6.07, 6.45) is 2.04. The van der Waals surface area contributed by atoms with Gasteiger partial charge in [-0.2, -0.15) is 0 Å². The van der Waals surface area contributed by atoms with Crippen molar-refractivity contribution in [1.82, 2.24) is 10.6 Å². The normalized spacial score (nSPS) is 16.0. The van der Waals surface area contributed by atoms with E-state index in [2.05, 4.69) is 53.1 Å². The molecule has 43 heavy (non-hydrogen) atoms. The van der Waals surface area contributed by atoms with Gasteiger partial charge in [-0.3, -0.25) is 10.1 Å². The van der Waals surface area contributed by atoms with E-state index in [0.717, 1.165) is 35.1 Å². The van der Waals surface area contributed by atoms with Crippen molar-refractivity contribution in [2.75, 3.05) is 7.11 Å². The predicted molar refractivity (Wildman–Crippen MR) is 170 cm³/mol. The predicted octanol–water partition coefficient (Wildman–Crippen LogP) is 7.67. The highest BCUT2D eigenvalue weighted by Crippen LogP contribution is 2.45. The Morgan fingerprint density at radius 2 is 1.58 bits per heavy atom. The lowest BCUT2D eigenvalue weighted by molar-refractivity contribution is -0.121. The number of rotatable bonds is 9. The van der Waals surface area contributed by atoms with E-state index in [9.17, 15) is 9.90 Å². The van der Waals surface area contributed by atoms with Crippen molar-refractivity contribution in [1.29, 1.82) is 0 Å². The summed E-state index contributed by atoms with van der Waals surface area (Å²) in [7, 11) is 1.61. The molecule has 6 nitrogen and oxygen atoms in total. The number of phenolic OH excluding ortho intramolecular Hbond substituents is 1. The molecule has 5 aromatic rings. The standard InChI is InChI=1S/C37H34N2O4/c1-3-4-16-34(41)38-36-35(29-12-9-13-31(24-29)42-2)39-37(43-36,32-14-7-8-15-33(32)40)30-21-19-26(20-22-30)28-18-17-25-10-5-6-11-27(25)23-28/h5-15,17-24,39-40H,3-4,16H2,1-2H3,(H,38,41). The van der Waals surface area contributed by atoms with Gasteiger partial charge < -0.3 is 19.9 Å². The lowest BCUT2D eigenvalue weighted by Crippen LogP contribution is -2.40. The number of ether oxygens (including phenoxy) is 2. The van der Waals surface area contributed by atoms with Crippen LogP contribution in [-0.4, -0.2) is 18.1 Å². The Morgan fingerprint density at radius 3 is 2.35 bits per heavy atom. The smallest absolute Gasteiger partial charge is 0.239 e. The van der Waals surface area contributed by atoms with Crippen molar-refractivity contribution in [3.05, 3.63) is 138 Å². The molecule has 0 saturated carbocycles. The van der Waals surface area contributed by atoms with E-state index >= 15 is 0 Å². The number of hydrogen-bond donors (Lipinski definition) is 3. The molecular formula is C37H34N2O4. The first-order valence-electron chi connectivity index (χ1n) is 14.5. The molecule has 3 N–H and O–H groups in total. The molecule has 1 aliphatic heterocycles. The van der Waals surface area contributed by atoms with Gasteiger partial charge >= 0.3 is 0 Å². The van der Waals surface area contributed by atoms with E-state index in [0.29, 0.717) is 23.4 Å². The monoisotopic (exact) mass is 570 g/mol. The fraction of sp³-hybridized carbons (Fsp3) is 0.162. The van der Waals surface area contributed by atoms with Gasteiger partial charge in [-0.25, -0.2) is 0 Å². The van der Waals surface area contributed by atoms with Gasteiger partial charge in [0.25, 0.3) is 0 Å². The number of para-hydroxylation sites is 1. The van der Waals surface area contributed by atoms with Crippen LogP contribution in [0.4, 0.5) is 0 Å². The third-order valence-corrected chi connectivity index (χ3v) is 7.81. The second-order valence-corrected chi connectivity index (χ2v) is 10.7. The summed E-state index contributed by atoms with van der Waals surface area (Å²) < 4.78 is 12.2. The number of nitrogens with one attached hydrogen (secondary N) is 2. The highest BCUT2D eigenvalue weighted by atomic mass is 16.5. The van der Waals surface area contributed by atoms with Gasteiger partial charge in [0.1, 0.15) is 17.2 Å². The van der Waals surface area contributed by atoms with E-state index in [1.54, 1.807) is 19.2 Å². The molecule has 0 fully saturated rings. The molecule has 0 saturated heterocycles. The van der Waals surface area contributed by atoms with Crippen molar-refractivity contribution in [3.63, 3.8) is 0 Å². The minimum atomic E-state index is -1.32. The number of aromatic hydroxyl groups is 1. The first-order chi connectivity index (χ1) is 21.0. The minimum absolute atomic E-state index is 0.0668. The Morgan fingerprint density at radius 1 is 0.837 bits per heavy atom. The first kappa shape index (κ1) is 27.9. The minimum Gasteiger partial charge on any atom is -0.507 e. The summed E-state index contributed by atoms with van der Waals surface area (Å²) in [4.78, 5) is 13.0. The summed E-state index contributed by atoms with van der Waals surface area (Å²) in [6.45, 7) is 2.05. The van der Waals surface area contributed by atoms with Crippen LogP contribution in [0.15, 0.2) is 121 Å². The number of unbranched alkanes of at least 4 members (excludes halogenated alkanes) is 1. The number of methoxy groups -OCH3 is 1. The van der Waals surface area contributed by atoms with Crippen LogP contribution in [-0.2, 0) is 15.3 Å². The molecule has 1 aliphatic rings. The molecule has 0 bridgehead atoms. The van der Waals surface area contributed by atoms with Crippen LogP contribution in [0.2, 0.25) is 0 Å². The number of carbonyl (C=O) groups excluding carboxylic acids is 1. The van der Waals surface area contributed by atoms with Crippen LogP contribution in [0.5, 0.6) is 11.5 Å². The molecule has 1 atom stereocenters. The van der Waals surface area contributed by atoms with Crippen molar-refractivity contribution < 1.29 is 19.4 Å². The van der Waals surface area contributed by atoms with Crippen LogP contribution in [0.25, 0.3) is 27.6 Å². The summed E-state index contributed by atoms with van der Waals surface area (Å²) in [5.41, 5.74) is 3.47. The zero-order chi connectivity index (χ0) is 29.8. The Bertz CT molecular complexity index is 1810. The molecule has 0 spiro atoms. The van der Waals surface area contributed by atoms with Crippen LogP contribution >= 0.6 is 0 Å². The Labute approximate surface area is 251 Å². The van der Waals surface area contributed by atoms with Gasteiger partial charge in [0.2, 0.25) is 17.5 Å². The van der Waals surface area contributed by atoms with Crippen LogP contribution in [0.3, 0.4) is 0 Å². The SMILES string of the molecule is CCCCC(=O)NC1=C(c2cccc(OC)c2)NC(c2ccc(-c3ccc4ccccc4c3)cc2)(c2ccccc2O)O1. The third-order valence-electron chi connectivity index (χ3n) is 7.81. The maximum atomic E-state index is 13.0. The summed E-state index contributed by atoms with van der Waals surface area (Å²) in [5, 5.41) is 20.0. The average molecular weight is 571 g/mol. The van der Waals surface area contributed by atoms with E-state index in [1.165, 1.54) is 10.8 Å². The third kappa shape index (κ3) is 5.52. The first-order valence-corrected chi connectivity index (χ1v) is 14.5. The molecule has 6 rings (SSSR count). The number of benzene rings is 5. The lowest BCUT2D eigenvalue weighted by Gasteiger charge is -2.32. The van der Waals surface area contributed by atoms with E-state index in [-0.39, 0.29) is 17.5 Å². The molecule has 0 aliphatic carbocycles.